The maximum atomic E-state index is 10.4. The van der Waals surface area contributed by atoms with Crippen LogP contribution in [0.3, 0.4) is 0 Å². The van der Waals surface area contributed by atoms with E-state index in [1.807, 2.05) is 60.7 Å². The van der Waals surface area contributed by atoms with Crippen molar-refractivity contribution in [3.05, 3.63) is 82.9 Å². The summed E-state index contributed by atoms with van der Waals surface area (Å²) < 4.78 is 0. The molecule has 0 amide bonds. The lowest BCUT2D eigenvalue weighted by Crippen LogP contribution is -2.27. The number of nitrogens with zero attached hydrogens (tertiary/aromatic N) is 2. The van der Waals surface area contributed by atoms with Crippen molar-refractivity contribution in [3.63, 3.8) is 0 Å². The van der Waals surface area contributed by atoms with E-state index in [0.717, 1.165) is 22.3 Å². The highest BCUT2D eigenvalue weighted by molar-refractivity contribution is 6.10. The van der Waals surface area contributed by atoms with Gasteiger partial charge in [-0.05, 0) is 23.3 Å². The SMILES string of the molecule is OC(CN=C1c2ccccc2C=CC1O)CN=C1c2ccccc2C=CC1O. The number of hydrogen-bond acceptors (Lipinski definition) is 5. The van der Waals surface area contributed by atoms with E-state index in [9.17, 15) is 15.3 Å². The minimum absolute atomic E-state index is 0.124. The van der Waals surface area contributed by atoms with Gasteiger partial charge in [0.05, 0.1) is 30.6 Å². The van der Waals surface area contributed by atoms with Gasteiger partial charge in [-0.25, -0.2) is 0 Å². The molecule has 5 heteroatoms. The molecule has 5 nitrogen and oxygen atoms in total. The average molecular weight is 374 g/mol. The number of rotatable bonds is 4. The van der Waals surface area contributed by atoms with Crippen LogP contribution in [0.5, 0.6) is 0 Å². The first-order valence-electron chi connectivity index (χ1n) is 9.31. The molecule has 0 radical (unpaired) electrons. The second kappa shape index (κ2) is 8.02. The van der Waals surface area contributed by atoms with E-state index < -0.39 is 18.3 Å². The first-order valence-corrected chi connectivity index (χ1v) is 9.31. The molecule has 3 N–H and O–H groups in total. The van der Waals surface area contributed by atoms with E-state index in [0.29, 0.717) is 11.4 Å². The number of aliphatic imine (C=N–C) groups is 2. The van der Waals surface area contributed by atoms with E-state index in [2.05, 4.69) is 9.98 Å². The zero-order valence-corrected chi connectivity index (χ0v) is 15.3. The summed E-state index contributed by atoms with van der Waals surface area (Å²) >= 11 is 0. The van der Waals surface area contributed by atoms with Crippen molar-refractivity contribution in [2.24, 2.45) is 9.98 Å². The van der Waals surface area contributed by atoms with E-state index >= 15 is 0 Å². The van der Waals surface area contributed by atoms with Crippen LogP contribution in [0.4, 0.5) is 0 Å². The van der Waals surface area contributed by atoms with Gasteiger partial charge in [0, 0.05) is 11.1 Å². The first-order chi connectivity index (χ1) is 13.6. The Kier molecular flexibility index (Phi) is 5.30. The van der Waals surface area contributed by atoms with Gasteiger partial charge < -0.3 is 15.3 Å². The summed E-state index contributed by atoms with van der Waals surface area (Å²) in [5, 5.41) is 30.8. The topological polar surface area (TPSA) is 85.4 Å². The van der Waals surface area contributed by atoms with Gasteiger partial charge in [-0.2, -0.15) is 0 Å². The molecule has 0 aliphatic heterocycles. The Morgan fingerprint density at radius 2 is 1.14 bits per heavy atom. The molecule has 142 valence electrons. The number of aliphatic hydroxyl groups excluding tert-OH is 3. The lowest BCUT2D eigenvalue weighted by molar-refractivity contribution is 0.191. The van der Waals surface area contributed by atoms with E-state index in [4.69, 9.17) is 0 Å². The molecule has 0 heterocycles. The second-order valence-corrected chi connectivity index (χ2v) is 6.89. The number of fused-ring (bicyclic) bond motifs is 2. The predicted molar refractivity (Wildman–Crippen MR) is 112 cm³/mol. The fourth-order valence-electron chi connectivity index (χ4n) is 3.46. The molecule has 2 aliphatic rings. The van der Waals surface area contributed by atoms with Crippen LogP contribution in [0, 0.1) is 0 Å². The summed E-state index contributed by atoms with van der Waals surface area (Å²) in [6.45, 7) is 0.248. The maximum Gasteiger partial charge on any atom is 0.115 e. The summed E-state index contributed by atoms with van der Waals surface area (Å²) in [7, 11) is 0. The van der Waals surface area contributed by atoms with E-state index in [1.54, 1.807) is 12.2 Å². The van der Waals surface area contributed by atoms with Crippen LogP contribution < -0.4 is 0 Å². The molecular weight excluding hydrogens is 352 g/mol. The summed E-state index contributed by atoms with van der Waals surface area (Å²) in [6.07, 6.45) is 4.74. The fraction of sp³-hybridized carbons (Fsp3) is 0.217. The van der Waals surface area contributed by atoms with Crippen molar-refractivity contribution in [3.8, 4) is 0 Å². The molecule has 0 saturated carbocycles. The molecule has 0 spiro atoms. The van der Waals surface area contributed by atoms with Crippen molar-refractivity contribution in [2.45, 2.75) is 18.3 Å². The number of aliphatic hydroxyl groups is 3. The van der Waals surface area contributed by atoms with Crippen LogP contribution in [0.1, 0.15) is 22.3 Å². The van der Waals surface area contributed by atoms with Crippen LogP contribution >= 0.6 is 0 Å². The van der Waals surface area contributed by atoms with E-state index in [1.165, 1.54) is 0 Å². The van der Waals surface area contributed by atoms with Gasteiger partial charge >= 0.3 is 0 Å². The van der Waals surface area contributed by atoms with Crippen LogP contribution in [0.15, 0.2) is 70.7 Å². The molecule has 2 unspecified atom stereocenters. The van der Waals surface area contributed by atoms with Gasteiger partial charge in [-0.1, -0.05) is 60.7 Å². The molecule has 2 atom stereocenters. The van der Waals surface area contributed by atoms with Gasteiger partial charge in [0.25, 0.3) is 0 Å². The zero-order valence-electron chi connectivity index (χ0n) is 15.3. The average Bonchev–Trinajstić information content (AvgIpc) is 2.72. The van der Waals surface area contributed by atoms with Crippen molar-refractivity contribution < 1.29 is 15.3 Å². The highest BCUT2D eigenvalue weighted by Gasteiger charge is 2.21. The highest BCUT2D eigenvalue weighted by atomic mass is 16.3. The largest absolute Gasteiger partial charge is 0.389 e. The number of benzene rings is 2. The molecule has 2 aliphatic carbocycles. The summed E-state index contributed by atoms with van der Waals surface area (Å²) in [5.74, 6) is 0. The van der Waals surface area contributed by atoms with Crippen LogP contribution in [-0.4, -0.2) is 58.1 Å². The lowest BCUT2D eigenvalue weighted by atomic mass is 9.93. The van der Waals surface area contributed by atoms with Gasteiger partial charge in [0.2, 0.25) is 0 Å². The van der Waals surface area contributed by atoms with Gasteiger partial charge in [-0.15, -0.1) is 0 Å². The van der Waals surface area contributed by atoms with Crippen molar-refractivity contribution >= 4 is 23.6 Å². The Morgan fingerprint density at radius 1 is 0.714 bits per heavy atom. The Bertz CT molecular complexity index is 911. The van der Waals surface area contributed by atoms with Gasteiger partial charge in [0.1, 0.15) is 12.2 Å². The highest BCUT2D eigenvalue weighted by Crippen LogP contribution is 2.21. The van der Waals surface area contributed by atoms with Crippen molar-refractivity contribution in [2.75, 3.05) is 13.1 Å². The molecule has 0 bridgehead atoms. The van der Waals surface area contributed by atoms with Crippen LogP contribution in [-0.2, 0) is 0 Å². The van der Waals surface area contributed by atoms with Gasteiger partial charge in [-0.3, -0.25) is 9.98 Å². The molecule has 0 fully saturated rings. The summed E-state index contributed by atoms with van der Waals surface area (Å²) in [5.41, 5.74) is 4.84. The van der Waals surface area contributed by atoms with Crippen LogP contribution in [0.2, 0.25) is 0 Å². The zero-order chi connectivity index (χ0) is 19.5. The van der Waals surface area contributed by atoms with E-state index in [-0.39, 0.29) is 13.1 Å². The molecule has 4 rings (SSSR count). The third-order valence-corrected chi connectivity index (χ3v) is 4.89. The van der Waals surface area contributed by atoms with Crippen LogP contribution in [0.25, 0.3) is 12.2 Å². The normalized spacial score (nSPS) is 24.2. The molecule has 0 saturated heterocycles. The fourth-order valence-corrected chi connectivity index (χ4v) is 3.46. The molecule has 2 aromatic rings. The summed E-state index contributed by atoms with van der Waals surface area (Å²) in [4.78, 5) is 8.90. The molecule has 2 aromatic carbocycles. The predicted octanol–water partition coefficient (Wildman–Crippen LogP) is 2.10. The third-order valence-electron chi connectivity index (χ3n) is 4.89. The second-order valence-electron chi connectivity index (χ2n) is 6.89. The number of hydrogen-bond donors (Lipinski definition) is 3. The monoisotopic (exact) mass is 374 g/mol. The smallest absolute Gasteiger partial charge is 0.115 e. The molecule has 0 aromatic heterocycles. The minimum atomic E-state index is -0.810. The Balaban J connectivity index is 1.49. The third kappa shape index (κ3) is 3.73. The Morgan fingerprint density at radius 3 is 1.61 bits per heavy atom. The minimum Gasteiger partial charge on any atom is -0.389 e. The first kappa shape index (κ1) is 18.5. The van der Waals surface area contributed by atoms with Crippen molar-refractivity contribution in [1.82, 2.24) is 0 Å². The standard InChI is InChI=1S/C23H22N2O3/c26-17(13-24-22-18-7-3-1-5-15(18)9-11-20(22)27)14-25-23-19-8-4-2-6-16(19)10-12-21(23)28/h1-12,17,20-21,26-28H,13-14H2. The maximum absolute atomic E-state index is 10.4. The summed E-state index contributed by atoms with van der Waals surface area (Å²) in [6, 6.07) is 15.4. The molecule has 28 heavy (non-hydrogen) atoms. The Hall–Kier alpha value is -2.86. The Labute approximate surface area is 163 Å². The quantitative estimate of drug-likeness (QED) is 0.766. The molecular formula is C23H22N2O3. The lowest BCUT2D eigenvalue weighted by Gasteiger charge is -2.20. The van der Waals surface area contributed by atoms with Crippen molar-refractivity contribution in [1.29, 1.82) is 0 Å². The van der Waals surface area contributed by atoms with Gasteiger partial charge in [0.15, 0.2) is 0 Å².